The molecule has 0 spiro atoms. The minimum atomic E-state index is -0.444. The Balaban J connectivity index is 1.42. The normalized spacial score (nSPS) is 11.8. The van der Waals surface area contributed by atoms with E-state index < -0.39 is 4.92 Å². The number of fused-ring (bicyclic) bond motifs is 1. The Hall–Kier alpha value is -5.16. The Morgan fingerprint density at radius 1 is 1.00 bits per heavy atom. The molecule has 6 aromatic rings. The number of rotatable bonds is 8. The van der Waals surface area contributed by atoms with E-state index in [1.807, 2.05) is 61.5 Å². The molecule has 10 nitrogen and oxygen atoms in total. The van der Waals surface area contributed by atoms with E-state index in [0.717, 1.165) is 23.4 Å². The zero-order chi connectivity index (χ0) is 27.6. The molecule has 0 bridgehead atoms. The van der Waals surface area contributed by atoms with Gasteiger partial charge in [-0.1, -0.05) is 48.6 Å². The van der Waals surface area contributed by atoms with Gasteiger partial charge in [-0.3, -0.25) is 14.9 Å². The maximum absolute atomic E-state index is 13.3. The van der Waals surface area contributed by atoms with Crippen molar-refractivity contribution in [3.05, 3.63) is 116 Å². The maximum atomic E-state index is 13.3. The summed E-state index contributed by atoms with van der Waals surface area (Å²) >= 11 is 1.22. The number of thiazole rings is 1. The molecular formula is C29H22N6O4S. The number of aromatic nitrogens is 5. The number of benzene rings is 3. The van der Waals surface area contributed by atoms with Gasteiger partial charge in [-0.25, -0.2) is 4.68 Å². The molecule has 0 aliphatic carbocycles. The first-order chi connectivity index (χ1) is 19.5. The Morgan fingerprint density at radius 2 is 1.80 bits per heavy atom. The predicted molar refractivity (Wildman–Crippen MR) is 153 cm³/mol. The molecule has 0 N–H and O–H groups in total. The first kappa shape index (κ1) is 25.1. The van der Waals surface area contributed by atoms with Gasteiger partial charge in [0.05, 0.1) is 21.7 Å². The van der Waals surface area contributed by atoms with Crippen LogP contribution in [-0.4, -0.2) is 35.9 Å². The largest absolute Gasteiger partial charge is 0.494 e. The van der Waals surface area contributed by atoms with Crippen molar-refractivity contribution < 1.29 is 9.66 Å². The van der Waals surface area contributed by atoms with Crippen molar-refractivity contribution in [2.24, 2.45) is 0 Å². The highest BCUT2D eigenvalue weighted by atomic mass is 32.1. The molecule has 3 aromatic heterocycles. The number of nitro groups is 1. The molecule has 0 atom stereocenters. The van der Waals surface area contributed by atoms with E-state index >= 15 is 0 Å². The average Bonchev–Trinajstić information content (AvgIpc) is 3.68. The lowest BCUT2D eigenvalue weighted by molar-refractivity contribution is -0.384. The first-order valence-electron chi connectivity index (χ1n) is 12.5. The van der Waals surface area contributed by atoms with Crippen LogP contribution in [0.5, 0.6) is 5.75 Å². The van der Waals surface area contributed by atoms with Crippen molar-refractivity contribution in [3.8, 4) is 34.1 Å². The molecule has 11 heteroatoms. The van der Waals surface area contributed by atoms with Crippen LogP contribution in [0, 0.1) is 10.1 Å². The highest BCUT2D eigenvalue weighted by Crippen LogP contribution is 2.28. The first-order valence-corrected chi connectivity index (χ1v) is 13.4. The molecule has 3 heterocycles. The number of nitrogens with zero attached hydrogens (tertiary/aromatic N) is 6. The number of nitro benzene ring substituents is 1. The third-order valence-electron chi connectivity index (χ3n) is 6.15. The summed E-state index contributed by atoms with van der Waals surface area (Å²) in [5.41, 5.74) is 2.95. The van der Waals surface area contributed by atoms with E-state index in [0.29, 0.717) is 38.7 Å². The van der Waals surface area contributed by atoms with Crippen LogP contribution < -0.4 is 14.8 Å². The fourth-order valence-electron chi connectivity index (χ4n) is 4.21. The second kappa shape index (κ2) is 10.5. The Kier molecular flexibility index (Phi) is 6.62. The smallest absolute Gasteiger partial charge is 0.291 e. The van der Waals surface area contributed by atoms with Gasteiger partial charge in [-0.15, -0.1) is 5.10 Å². The highest BCUT2D eigenvalue weighted by Gasteiger charge is 2.17. The number of non-ortho nitro benzene ring substituents is 1. The highest BCUT2D eigenvalue weighted by molar-refractivity contribution is 7.15. The van der Waals surface area contributed by atoms with Gasteiger partial charge in [0.15, 0.2) is 5.82 Å². The molecule has 6 rings (SSSR count). The number of hydrogen-bond donors (Lipinski definition) is 0. The fourth-order valence-corrected chi connectivity index (χ4v) is 5.11. The number of ether oxygens (including phenoxy) is 1. The van der Waals surface area contributed by atoms with E-state index in [9.17, 15) is 14.9 Å². The van der Waals surface area contributed by atoms with Gasteiger partial charge in [0.2, 0.25) is 4.96 Å². The predicted octanol–water partition coefficient (Wildman–Crippen LogP) is 4.92. The summed E-state index contributed by atoms with van der Waals surface area (Å²) in [6.07, 6.45) is 4.45. The van der Waals surface area contributed by atoms with E-state index in [4.69, 9.17) is 9.84 Å². The molecule has 0 unspecified atom stereocenters. The number of hydrogen-bond acceptors (Lipinski definition) is 8. The van der Waals surface area contributed by atoms with E-state index in [-0.39, 0.29) is 11.2 Å². The van der Waals surface area contributed by atoms with Crippen molar-refractivity contribution in [1.82, 2.24) is 24.4 Å². The standard InChI is InChI=1S/C29H22N6O4S/c1-2-15-39-24-13-11-19(12-14-24)27-30-29-34(32-27)28(36)25(40-29)17-21-18-33(22-8-4-3-5-9-22)31-26(21)20-7-6-10-23(16-20)35(37)38/h3-14,16-18H,2,15H2,1H3/b25-17-. The van der Waals surface area contributed by atoms with Gasteiger partial charge in [0.1, 0.15) is 11.4 Å². The summed E-state index contributed by atoms with van der Waals surface area (Å²) in [5.74, 6) is 1.22. The van der Waals surface area contributed by atoms with Gasteiger partial charge in [-0.05, 0) is 48.9 Å². The van der Waals surface area contributed by atoms with Crippen LogP contribution in [0.3, 0.4) is 0 Å². The molecule has 198 valence electrons. The van der Waals surface area contributed by atoms with Gasteiger partial charge in [0.25, 0.3) is 11.2 Å². The molecule has 0 fully saturated rings. The fraction of sp³-hybridized carbons (Fsp3) is 0.103. The van der Waals surface area contributed by atoms with Gasteiger partial charge < -0.3 is 4.74 Å². The van der Waals surface area contributed by atoms with Crippen molar-refractivity contribution in [2.75, 3.05) is 6.61 Å². The SMILES string of the molecule is CCCOc1ccc(-c2nc3s/c(=C\c4cn(-c5ccccc5)nc4-c4cccc([N+](=O)[O-])c4)c(=O)n3n2)cc1. The quantitative estimate of drug-likeness (QED) is 0.195. The molecule has 3 aromatic carbocycles. The van der Waals surface area contributed by atoms with E-state index in [2.05, 4.69) is 10.1 Å². The summed E-state index contributed by atoms with van der Waals surface area (Å²) in [6, 6.07) is 23.2. The molecular weight excluding hydrogens is 528 g/mol. The van der Waals surface area contributed by atoms with E-state index in [1.54, 1.807) is 29.1 Å². The van der Waals surface area contributed by atoms with Crippen molar-refractivity contribution in [2.45, 2.75) is 13.3 Å². The third-order valence-corrected chi connectivity index (χ3v) is 7.11. The van der Waals surface area contributed by atoms with Crippen molar-refractivity contribution in [3.63, 3.8) is 0 Å². The monoisotopic (exact) mass is 550 g/mol. The summed E-state index contributed by atoms with van der Waals surface area (Å²) in [4.78, 5) is 29.3. The molecule has 0 radical (unpaired) electrons. The molecule has 0 aliphatic rings. The summed E-state index contributed by atoms with van der Waals surface area (Å²) in [6.45, 7) is 2.69. The number of para-hydroxylation sites is 1. The van der Waals surface area contributed by atoms with Gasteiger partial charge >= 0.3 is 0 Å². The van der Waals surface area contributed by atoms with Crippen LogP contribution in [0.2, 0.25) is 0 Å². The van der Waals surface area contributed by atoms with Crippen LogP contribution in [0.1, 0.15) is 18.9 Å². The van der Waals surface area contributed by atoms with Crippen LogP contribution >= 0.6 is 11.3 Å². The summed E-state index contributed by atoms with van der Waals surface area (Å²) in [5, 5.41) is 20.6. The lowest BCUT2D eigenvalue weighted by Gasteiger charge is -2.04. The second-order valence-electron chi connectivity index (χ2n) is 8.94. The lowest BCUT2D eigenvalue weighted by Crippen LogP contribution is -2.23. The average molecular weight is 551 g/mol. The zero-order valence-corrected chi connectivity index (χ0v) is 22.1. The third kappa shape index (κ3) is 4.85. The lowest BCUT2D eigenvalue weighted by atomic mass is 10.1. The summed E-state index contributed by atoms with van der Waals surface area (Å²) < 4.78 is 9.03. The Bertz CT molecular complexity index is 1940. The van der Waals surface area contributed by atoms with Crippen LogP contribution in [0.25, 0.3) is 39.4 Å². The summed E-state index contributed by atoms with van der Waals surface area (Å²) in [7, 11) is 0. The maximum Gasteiger partial charge on any atom is 0.291 e. The van der Waals surface area contributed by atoms with Crippen LogP contribution in [0.15, 0.2) is 89.9 Å². The Morgan fingerprint density at radius 3 is 2.52 bits per heavy atom. The minimum Gasteiger partial charge on any atom is -0.494 e. The van der Waals surface area contributed by atoms with Crippen LogP contribution in [0.4, 0.5) is 5.69 Å². The van der Waals surface area contributed by atoms with Gasteiger partial charge in [0, 0.05) is 35.0 Å². The van der Waals surface area contributed by atoms with Gasteiger partial charge in [-0.2, -0.15) is 14.6 Å². The van der Waals surface area contributed by atoms with E-state index in [1.165, 1.54) is 28.0 Å². The zero-order valence-electron chi connectivity index (χ0n) is 21.3. The molecule has 0 saturated carbocycles. The van der Waals surface area contributed by atoms with Crippen molar-refractivity contribution >= 4 is 28.1 Å². The minimum absolute atomic E-state index is 0.0430. The topological polar surface area (TPSA) is 117 Å². The molecule has 0 aliphatic heterocycles. The molecule has 0 saturated heterocycles. The molecule has 40 heavy (non-hydrogen) atoms. The second-order valence-corrected chi connectivity index (χ2v) is 9.95. The van der Waals surface area contributed by atoms with Crippen LogP contribution in [-0.2, 0) is 0 Å². The molecule has 0 amide bonds. The van der Waals surface area contributed by atoms with Crippen molar-refractivity contribution in [1.29, 1.82) is 0 Å². The Labute approximate surface area is 231 Å².